The smallest absolute Gasteiger partial charge is 0.305 e. The molecule has 0 N–H and O–H groups in total. The Morgan fingerprint density at radius 2 is 0.875 bits per heavy atom. The summed E-state index contributed by atoms with van der Waals surface area (Å²) in [5.41, 5.74) is 0. The van der Waals surface area contributed by atoms with Crippen molar-refractivity contribution in [2.45, 2.75) is 81.1 Å². The third kappa shape index (κ3) is 23.2. The second kappa shape index (κ2) is 15.5. The molecule has 0 radical (unpaired) electrons. The van der Waals surface area contributed by atoms with Gasteiger partial charge in [0.2, 0.25) is 0 Å². The SMILES string of the molecule is CC(C)CCC(=O)OCC(C)C.CC(C)CCC(=O)OCC(C)C. The van der Waals surface area contributed by atoms with Crippen molar-refractivity contribution in [3.63, 3.8) is 0 Å². The Balaban J connectivity index is 0. The highest BCUT2D eigenvalue weighted by Crippen LogP contribution is 2.06. The first-order valence-corrected chi connectivity index (χ1v) is 9.35. The Morgan fingerprint density at radius 3 is 1.08 bits per heavy atom. The number of hydrogen-bond donors (Lipinski definition) is 0. The molecule has 0 aliphatic carbocycles. The van der Waals surface area contributed by atoms with Crippen LogP contribution in [0.4, 0.5) is 0 Å². The normalized spacial score (nSPS) is 10.8. The summed E-state index contributed by atoms with van der Waals surface area (Å²) in [6.07, 6.45) is 2.97. The van der Waals surface area contributed by atoms with Gasteiger partial charge in [0, 0.05) is 12.8 Å². The highest BCUT2D eigenvalue weighted by molar-refractivity contribution is 5.69. The van der Waals surface area contributed by atoms with Crippen molar-refractivity contribution in [2.75, 3.05) is 13.2 Å². The van der Waals surface area contributed by atoms with Gasteiger partial charge < -0.3 is 9.47 Å². The molecule has 24 heavy (non-hydrogen) atoms. The van der Waals surface area contributed by atoms with Crippen LogP contribution in [-0.4, -0.2) is 25.2 Å². The lowest BCUT2D eigenvalue weighted by atomic mass is 10.1. The monoisotopic (exact) mass is 344 g/mol. The van der Waals surface area contributed by atoms with Crippen LogP contribution < -0.4 is 0 Å². The molecule has 0 saturated carbocycles. The van der Waals surface area contributed by atoms with Gasteiger partial charge in [0.05, 0.1) is 13.2 Å². The third-order valence-corrected chi connectivity index (χ3v) is 3.01. The highest BCUT2D eigenvalue weighted by Gasteiger charge is 2.06. The molecule has 0 aromatic rings. The second-order valence-electron chi connectivity index (χ2n) is 8.02. The van der Waals surface area contributed by atoms with Crippen LogP contribution in [0.1, 0.15) is 81.1 Å². The van der Waals surface area contributed by atoms with Gasteiger partial charge in [0.25, 0.3) is 0 Å². The summed E-state index contributed by atoms with van der Waals surface area (Å²) in [5, 5.41) is 0. The van der Waals surface area contributed by atoms with Crippen LogP contribution in [0.25, 0.3) is 0 Å². The third-order valence-electron chi connectivity index (χ3n) is 3.01. The van der Waals surface area contributed by atoms with Crippen LogP contribution in [0, 0.1) is 23.7 Å². The van der Waals surface area contributed by atoms with Crippen molar-refractivity contribution in [3.05, 3.63) is 0 Å². The first-order chi connectivity index (χ1) is 11.0. The van der Waals surface area contributed by atoms with Crippen molar-refractivity contribution in [2.24, 2.45) is 23.7 Å². The topological polar surface area (TPSA) is 52.6 Å². The standard InChI is InChI=1S/2C10H20O2/c2*1-8(2)5-6-10(11)12-7-9(3)4/h2*8-9H,5-7H2,1-4H3. The molecule has 0 rings (SSSR count). The van der Waals surface area contributed by atoms with Gasteiger partial charge in [-0.2, -0.15) is 0 Å². The van der Waals surface area contributed by atoms with Gasteiger partial charge in [0.15, 0.2) is 0 Å². The quantitative estimate of drug-likeness (QED) is 0.508. The molecule has 0 atom stereocenters. The summed E-state index contributed by atoms with van der Waals surface area (Å²) >= 11 is 0. The van der Waals surface area contributed by atoms with Crippen LogP contribution in [0.2, 0.25) is 0 Å². The Labute approximate surface area is 149 Å². The molecule has 4 nitrogen and oxygen atoms in total. The fourth-order valence-electron chi connectivity index (χ4n) is 1.48. The number of esters is 2. The van der Waals surface area contributed by atoms with Crippen molar-refractivity contribution in [1.82, 2.24) is 0 Å². The average Bonchev–Trinajstić information content (AvgIpc) is 2.47. The van der Waals surface area contributed by atoms with Crippen LogP contribution >= 0.6 is 0 Å². The average molecular weight is 345 g/mol. The van der Waals surface area contributed by atoms with E-state index >= 15 is 0 Å². The minimum Gasteiger partial charge on any atom is -0.465 e. The van der Waals surface area contributed by atoms with Crippen LogP contribution in [0.15, 0.2) is 0 Å². The lowest BCUT2D eigenvalue weighted by molar-refractivity contribution is -0.145. The maximum atomic E-state index is 11.0. The van der Waals surface area contributed by atoms with Gasteiger partial charge in [-0.1, -0.05) is 55.4 Å². The first-order valence-electron chi connectivity index (χ1n) is 9.35. The summed E-state index contributed by atoms with van der Waals surface area (Å²) in [7, 11) is 0. The van der Waals surface area contributed by atoms with Gasteiger partial charge in [-0.15, -0.1) is 0 Å². The minimum absolute atomic E-state index is 0.0580. The van der Waals surface area contributed by atoms with Crippen molar-refractivity contribution in [1.29, 1.82) is 0 Å². The molecule has 0 aromatic carbocycles. The minimum atomic E-state index is -0.0580. The molecule has 0 aromatic heterocycles. The van der Waals surface area contributed by atoms with E-state index in [1.807, 2.05) is 27.7 Å². The zero-order valence-corrected chi connectivity index (χ0v) is 17.2. The molecule has 4 heteroatoms. The van der Waals surface area contributed by atoms with Crippen LogP contribution in [0.3, 0.4) is 0 Å². The van der Waals surface area contributed by atoms with Gasteiger partial charge in [-0.25, -0.2) is 0 Å². The van der Waals surface area contributed by atoms with Crippen molar-refractivity contribution >= 4 is 11.9 Å². The molecule has 0 bridgehead atoms. The van der Waals surface area contributed by atoms with E-state index in [0.717, 1.165) is 12.8 Å². The first kappa shape index (κ1) is 25.2. The lowest BCUT2D eigenvalue weighted by Gasteiger charge is -2.07. The zero-order chi connectivity index (χ0) is 19.1. The van der Waals surface area contributed by atoms with Crippen LogP contribution in [-0.2, 0) is 19.1 Å². The molecular weight excluding hydrogens is 304 g/mol. The summed E-state index contributed by atoms with van der Waals surface area (Å²) < 4.78 is 10.0. The molecule has 0 aliphatic heterocycles. The van der Waals surface area contributed by atoms with Crippen LogP contribution in [0.5, 0.6) is 0 Å². The van der Waals surface area contributed by atoms with E-state index in [1.54, 1.807) is 0 Å². The summed E-state index contributed by atoms with van der Waals surface area (Å²) in [4.78, 5) is 22.1. The van der Waals surface area contributed by atoms with Gasteiger partial charge in [-0.3, -0.25) is 9.59 Å². The van der Waals surface area contributed by atoms with E-state index < -0.39 is 0 Å². The van der Waals surface area contributed by atoms with Crippen molar-refractivity contribution < 1.29 is 19.1 Å². The maximum absolute atomic E-state index is 11.0. The van der Waals surface area contributed by atoms with Crippen molar-refractivity contribution in [3.8, 4) is 0 Å². The van der Waals surface area contributed by atoms with E-state index in [-0.39, 0.29) is 11.9 Å². The lowest BCUT2D eigenvalue weighted by Crippen LogP contribution is -2.10. The summed E-state index contributed by atoms with van der Waals surface area (Å²) in [6, 6.07) is 0. The van der Waals surface area contributed by atoms with Gasteiger partial charge in [-0.05, 0) is 36.5 Å². The molecular formula is C20H40O4. The molecule has 0 heterocycles. The number of carbonyl (C=O) groups is 2. The number of hydrogen-bond acceptors (Lipinski definition) is 4. The highest BCUT2D eigenvalue weighted by atomic mass is 16.5. The Hall–Kier alpha value is -1.06. The number of ether oxygens (including phenoxy) is 2. The predicted octanol–water partition coefficient (Wildman–Crippen LogP) is 5.24. The molecule has 0 saturated heterocycles. The predicted molar refractivity (Wildman–Crippen MR) is 99.7 cm³/mol. The fraction of sp³-hybridized carbons (Fsp3) is 0.900. The van der Waals surface area contributed by atoms with Gasteiger partial charge >= 0.3 is 11.9 Å². The molecule has 0 spiro atoms. The fourth-order valence-corrected chi connectivity index (χ4v) is 1.48. The number of carbonyl (C=O) groups excluding carboxylic acids is 2. The molecule has 0 amide bonds. The van der Waals surface area contributed by atoms with E-state index in [9.17, 15) is 9.59 Å². The van der Waals surface area contributed by atoms with Gasteiger partial charge in [0.1, 0.15) is 0 Å². The summed E-state index contributed by atoms with van der Waals surface area (Å²) in [6.45, 7) is 17.7. The maximum Gasteiger partial charge on any atom is 0.305 e. The Kier molecular flexibility index (Phi) is 16.2. The zero-order valence-electron chi connectivity index (χ0n) is 17.2. The van der Waals surface area contributed by atoms with E-state index in [4.69, 9.17) is 9.47 Å². The molecule has 144 valence electrons. The Bertz CT molecular complexity index is 260. The molecule has 0 unspecified atom stereocenters. The second-order valence-corrected chi connectivity index (χ2v) is 8.02. The number of rotatable bonds is 10. The molecule has 0 fully saturated rings. The molecule has 0 aliphatic rings. The van der Waals surface area contributed by atoms with E-state index in [0.29, 0.717) is 49.7 Å². The van der Waals surface area contributed by atoms with E-state index in [2.05, 4.69) is 27.7 Å². The summed E-state index contributed by atoms with van der Waals surface area (Å²) in [5.74, 6) is 1.92. The largest absolute Gasteiger partial charge is 0.465 e. The van der Waals surface area contributed by atoms with E-state index in [1.165, 1.54) is 0 Å². The Morgan fingerprint density at radius 1 is 0.583 bits per heavy atom.